The number of aliphatic hydroxyl groups excluding tert-OH is 1. The van der Waals surface area contributed by atoms with Crippen LogP contribution in [0.25, 0.3) is 0 Å². The lowest BCUT2D eigenvalue weighted by Crippen LogP contribution is -2.31. The van der Waals surface area contributed by atoms with E-state index in [9.17, 15) is 13.5 Å². The maximum absolute atomic E-state index is 12.6. The maximum Gasteiger partial charge on any atom is 0.244 e. The highest BCUT2D eigenvalue weighted by Gasteiger charge is 2.46. The molecular formula is C13H15Cl2NO3S. The van der Waals surface area contributed by atoms with Crippen molar-refractivity contribution in [3.63, 3.8) is 0 Å². The van der Waals surface area contributed by atoms with E-state index in [-0.39, 0.29) is 26.8 Å². The van der Waals surface area contributed by atoms with Crippen LogP contribution in [-0.4, -0.2) is 37.0 Å². The van der Waals surface area contributed by atoms with Crippen molar-refractivity contribution in [2.24, 2.45) is 11.8 Å². The van der Waals surface area contributed by atoms with E-state index in [1.54, 1.807) is 12.1 Å². The second kappa shape index (κ2) is 5.14. The summed E-state index contributed by atoms with van der Waals surface area (Å²) in [6.45, 7) is 0.809. The van der Waals surface area contributed by atoms with Crippen molar-refractivity contribution >= 4 is 33.2 Å². The van der Waals surface area contributed by atoms with Crippen LogP contribution in [0.2, 0.25) is 10.0 Å². The zero-order chi connectivity index (χ0) is 14.5. The van der Waals surface area contributed by atoms with Crippen LogP contribution in [-0.2, 0) is 10.0 Å². The molecule has 0 bridgehead atoms. The largest absolute Gasteiger partial charge is 0.393 e. The third-order valence-corrected chi connectivity index (χ3v) is 7.12. The fourth-order valence-corrected chi connectivity index (χ4v) is 5.48. The van der Waals surface area contributed by atoms with Crippen molar-refractivity contribution in [2.45, 2.75) is 23.8 Å². The van der Waals surface area contributed by atoms with Gasteiger partial charge in [0, 0.05) is 19.0 Å². The van der Waals surface area contributed by atoms with Gasteiger partial charge in [-0.05, 0) is 30.9 Å². The van der Waals surface area contributed by atoms with Gasteiger partial charge in [-0.1, -0.05) is 29.3 Å². The minimum atomic E-state index is -3.65. The number of hydrogen-bond donors (Lipinski definition) is 1. The molecule has 3 rings (SSSR count). The van der Waals surface area contributed by atoms with E-state index < -0.39 is 16.1 Å². The molecule has 110 valence electrons. The number of halogens is 2. The third kappa shape index (κ3) is 2.25. The van der Waals surface area contributed by atoms with Crippen LogP contribution in [0.4, 0.5) is 0 Å². The average Bonchev–Trinajstić information content (AvgIpc) is 2.96. The molecule has 7 heteroatoms. The molecule has 1 aliphatic carbocycles. The van der Waals surface area contributed by atoms with Crippen LogP contribution < -0.4 is 0 Å². The molecule has 1 saturated carbocycles. The molecule has 0 aromatic heterocycles. The van der Waals surface area contributed by atoms with Gasteiger partial charge < -0.3 is 5.11 Å². The van der Waals surface area contributed by atoms with Gasteiger partial charge in [0.1, 0.15) is 4.90 Å². The molecule has 3 atom stereocenters. The Morgan fingerprint density at radius 1 is 1.20 bits per heavy atom. The summed E-state index contributed by atoms with van der Waals surface area (Å²) in [5, 5.41) is 10.2. The fraction of sp³-hybridized carbons (Fsp3) is 0.538. The lowest BCUT2D eigenvalue weighted by Gasteiger charge is -2.19. The van der Waals surface area contributed by atoms with E-state index in [2.05, 4.69) is 0 Å². The van der Waals surface area contributed by atoms with Crippen LogP contribution in [0.5, 0.6) is 0 Å². The Labute approximate surface area is 128 Å². The van der Waals surface area contributed by atoms with Crippen molar-refractivity contribution in [2.75, 3.05) is 13.1 Å². The Hall–Kier alpha value is -0.330. The molecule has 0 amide bonds. The Balaban J connectivity index is 1.92. The predicted molar refractivity (Wildman–Crippen MR) is 77.4 cm³/mol. The van der Waals surface area contributed by atoms with Crippen molar-refractivity contribution in [3.05, 3.63) is 28.2 Å². The molecule has 0 spiro atoms. The fourth-order valence-electron chi connectivity index (χ4n) is 3.21. The summed E-state index contributed by atoms with van der Waals surface area (Å²) < 4.78 is 26.7. The number of sulfonamides is 1. The van der Waals surface area contributed by atoms with Gasteiger partial charge in [0.25, 0.3) is 0 Å². The molecule has 1 aromatic rings. The number of fused-ring (bicyclic) bond motifs is 1. The van der Waals surface area contributed by atoms with Crippen molar-refractivity contribution in [3.8, 4) is 0 Å². The quantitative estimate of drug-likeness (QED) is 0.902. The third-order valence-electron chi connectivity index (χ3n) is 4.32. The summed E-state index contributed by atoms with van der Waals surface area (Å²) in [4.78, 5) is 0.0427. The van der Waals surface area contributed by atoms with Gasteiger partial charge in [0.05, 0.1) is 16.1 Å². The number of rotatable bonds is 2. The molecule has 1 heterocycles. The highest BCUT2D eigenvalue weighted by atomic mass is 35.5. The van der Waals surface area contributed by atoms with E-state index in [4.69, 9.17) is 23.2 Å². The molecule has 1 saturated heterocycles. The van der Waals surface area contributed by atoms with Crippen LogP contribution in [0.3, 0.4) is 0 Å². The minimum Gasteiger partial charge on any atom is -0.393 e. The normalized spacial score (nSPS) is 30.6. The first kappa shape index (κ1) is 14.6. The summed E-state index contributed by atoms with van der Waals surface area (Å²) >= 11 is 11.9. The smallest absolute Gasteiger partial charge is 0.244 e. The summed E-state index contributed by atoms with van der Waals surface area (Å²) in [5.74, 6) is 0.292. The Morgan fingerprint density at radius 2 is 1.95 bits per heavy atom. The van der Waals surface area contributed by atoms with Crippen molar-refractivity contribution in [1.82, 2.24) is 4.31 Å². The van der Waals surface area contributed by atoms with E-state index in [1.807, 2.05) is 0 Å². The van der Waals surface area contributed by atoms with E-state index in [0.29, 0.717) is 13.1 Å². The van der Waals surface area contributed by atoms with Crippen LogP contribution in [0.1, 0.15) is 12.8 Å². The van der Waals surface area contributed by atoms with E-state index in [1.165, 1.54) is 10.4 Å². The second-order valence-electron chi connectivity index (χ2n) is 5.44. The van der Waals surface area contributed by atoms with Gasteiger partial charge in [-0.25, -0.2) is 8.42 Å². The SMILES string of the molecule is O=S(=O)(c1cccc(Cl)c1Cl)N1CC2CCC(O)C2C1. The van der Waals surface area contributed by atoms with Gasteiger partial charge in [-0.3, -0.25) is 0 Å². The zero-order valence-corrected chi connectivity index (χ0v) is 13.0. The lowest BCUT2D eigenvalue weighted by atomic mass is 10.00. The molecule has 2 fully saturated rings. The van der Waals surface area contributed by atoms with Crippen LogP contribution in [0, 0.1) is 11.8 Å². The zero-order valence-electron chi connectivity index (χ0n) is 10.7. The van der Waals surface area contributed by atoms with Crippen LogP contribution >= 0.6 is 23.2 Å². The first-order valence-electron chi connectivity index (χ1n) is 6.53. The van der Waals surface area contributed by atoms with Gasteiger partial charge in [-0.2, -0.15) is 4.31 Å². The standard InChI is InChI=1S/C13H15Cl2NO3S/c14-10-2-1-3-12(13(10)15)20(18,19)16-6-8-4-5-11(17)9(8)7-16/h1-3,8-9,11,17H,4-7H2. The van der Waals surface area contributed by atoms with Gasteiger partial charge in [0.2, 0.25) is 10.0 Å². The Morgan fingerprint density at radius 3 is 2.65 bits per heavy atom. The van der Waals surface area contributed by atoms with Crippen molar-refractivity contribution < 1.29 is 13.5 Å². The number of benzene rings is 1. The van der Waals surface area contributed by atoms with Gasteiger partial charge in [-0.15, -0.1) is 0 Å². The second-order valence-corrected chi connectivity index (χ2v) is 8.13. The monoisotopic (exact) mass is 335 g/mol. The minimum absolute atomic E-state index is 0.0427. The number of aliphatic hydroxyl groups is 1. The molecule has 3 unspecified atom stereocenters. The number of nitrogens with zero attached hydrogens (tertiary/aromatic N) is 1. The van der Waals surface area contributed by atoms with E-state index >= 15 is 0 Å². The topological polar surface area (TPSA) is 57.6 Å². The number of hydrogen-bond acceptors (Lipinski definition) is 3. The molecule has 2 aliphatic rings. The maximum atomic E-state index is 12.6. The average molecular weight is 336 g/mol. The highest BCUT2D eigenvalue weighted by molar-refractivity contribution is 7.89. The summed E-state index contributed by atoms with van der Waals surface area (Å²) in [5.41, 5.74) is 0. The molecule has 20 heavy (non-hydrogen) atoms. The predicted octanol–water partition coefficient (Wildman–Crippen LogP) is 2.38. The molecular weight excluding hydrogens is 321 g/mol. The molecule has 0 radical (unpaired) electrons. The molecule has 4 nitrogen and oxygen atoms in total. The molecule has 1 aliphatic heterocycles. The summed E-state index contributed by atoms with van der Waals surface area (Å²) in [6.07, 6.45) is 1.25. The first-order chi connectivity index (χ1) is 9.41. The van der Waals surface area contributed by atoms with Crippen molar-refractivity contribution in [1.29, 1.82) is 0 Å². The van der Waals surface area contributed by atoms with Gasteiger partial charge in [0.15, 0.2) is 0 Å². The van der Waals surface area contributed by atoms with Crippen LogP contribution in [0.15, 0.2) is 23.1 Å². The van der Waals surface area contributed by atoms with E-state index in [0.717, 1.165) is 12.8 Å². The van der Waals surface area contributed by atoms with Gasteiger partial charge >= 0.3 is 0 Å². The summed E-state index contributed by atoms with van der Waals surface area (Å²) in [7, 11) is -3.65. The Kier molecular flexibility index (Phi) is 3.75. The molecule has 1 aromatic carbocycles. The molecule has 1 N–H and O–H groups in total. The summed E-state index contributed by atoms with van der Waals surface area (Å²) in [6, 6.07) is 4.60. The lowest BCUT2D eigenvalue weighted by molar-refractivity contribution is 0.129. The first-order valence-corrected chi connectivity index (χ1v) is 8.73. The highest BCUT2D eigenvalue weighted by Crippen LogP contribution is 2.41. The Bertz CT molecular complexity index is 635.